The van der Waals surface area contributed by atoms with Crippen LogP contribution in [0.25, 0.3) is 5.70 Å². The summed E-state index contributed by atoms with van der Waals surface area (Å²) in [5, 5.41) is 7.09. The van der Waals surface area contributed by atoms with Gasteiger partial charge in [0.25, 0.3) is 5.91 Å². The highest BCUT2D eigenvalue weighted by Crippen LogP contribution is 2.32. The third kappa shape index (κ3) is 5.74. The minimum atomic E-state index is -0.227. The summed E-state index contributed by atoms with van der Waals surface area (Å²) in [6, 6.07) is 16.4. The van der Waals surface area contributed by atoms with Gasteiger partial charge in [0.05, 0.1) is 12.7 Å². The van der Waals surface area contributed by atoms with Crippen LogP contribution in [-0.4, -0.2) is 35.1 Å². The molecule has 0 aliphatic carbocycles. The summed E-state index contributed by atoms with van der Waals surface area (Å²) >= 11 is 1.52. The van der Waals surface area contributed by atoms with Crippen LogP contribution in [0.3, 0.4) is 0 Å². The molecule has 1 amide bonds. The number of ether oxygens (including phenoxy) is 1. The van der Waals surface area contributed by atoms with E-state index in [1.807, 2.05) is 19.1 Å². The Morgan fingerprint density at radius 3 is 2.66 bits per heavy atom. The van der Waals surface area contributed by atoms with E-state index in [1.165, 1.54) is 17.3 Å². The maximum atomic E-state index is 13.1. The predicted octanol–water partition coefficient (Wildman–Crippen LogP) is 5.60. The molecule has 4 rings (SSSR count). The van der Waals surface area contributed by atoms with Crippen molar-refractivity contribution in [3.05, 3.63) is 89.1 Å². The maximum Gasteiger partial charge on any atom is 0.258 e. The number of fused-ring (bicyclic) bond motifs is 1. The van der Waals surface area contributed by atoms with Crippen LogP contribution in [0.2, 0.25) is 0 Å². The Balaban J connectivity index is 1.53. The molecule has 3 aromatic rings. The first-order chi connectivity index (χ1) is 16.8. The van der Waals surface area contributed by atoms with Crippen LogP contribution in [0.15, 0.2) is 71.9 Å². The summed E-state index contributed by atoms with van der Waals surface area (Å²) < 4.78 is 5.39. The van der Waals surface area contributed by atoms with E-state index in [-0.39, 0.29) is 17.2 Å². The molecular weight excluding hydrogens is 458 g/mol. The second-order valence-electron chi connectivity index (χ2n) is 8.95. The summed E-state index contributed by atoms with van der Waals surface area (Å²) in [7, 11) is 1.63. The average Bonchev–Trinajstić information content (AvgIpc) is 2.84. The molecule has 7 heteroatoms. The monoisotopic (exact) mass is 487 g/mol. The molecule has 0 saturated heterocycles. The molecule has 2 N–H and O–H groups in total. The van der Waals surface area contributed by atoms with E-state index in [2.05, 4.69) is 35.5 Å². The van der Waals surface area contributed by atoms with Crippen molar-refractivity contribution in [1.29, 1.82) is 0 Å². The number of carbonyl (C=O) groups excluding carboxylic acids is 2. The van der Waals surface area contributed by atoms with Crippen LogP contribution in [0.4, 0.5) is 5.69 Å². The van der Waals surface area contributed by atoms with Crippen molar-refractivity contribution in [2.75, 3.05) is 18.2 Å². The zero-order valence-corrected chi connectivity index (χ0v) is 21.2. The van der Waals surface area contributed by atoms with E-state index in [0.29, 0.717) is 21.8 Å². The number of methoxy groups -OCH3 is 1. The van der Waals surface area contributed by atoms with Crippen molar-refractivity contribution in [3.63, 3.8) is 0 Å². The number of hydrogen-bond donors (Lipinski definition) is 2. The number of hydrogen-bond acceptors (Lipinski definition) is 6. The quantitative estimate of drug-likeness (QED) is 0.256. The number of pyridine rings is 1. The Morgan fingerprint density at radius 2 is 1.94 bits per heavy atom. The van der Waals surface area contributed by atoms with Crippen LogP contribution in [0, 0.1) is 0 Å². The highest BCUT2D eigenvalue weighted by Gasteiger charge is 2.28. The highest BCUT2D eigenvalue weighted by atomic mass is 32.2. The molecule has 0 radical (unpaired) electrons. The van der Waals surface area contributed by atoms with Gasteiger partial charge in [-0.3, -0.25) is 9.59 Å². The molecule has 0 atom stereocenters. The van der Waals surface area contributed by atoms with Gasteiger partial charge in [0.1, 0.15) is 10.8 Å². The summed E-state index contributed by atoms with van der Waals surface area (Å²) in [5.41, 5.74) is 4.42. The summed E-state index contributed by atoms with van der Waals surface area (Å²) in [6.45, 7) is 6.25. The van der Waals surface area contributed by atoms with Crippen molar-refractivity contribution in [2.24, 2.45) is 0 Å². The van der Waals surface area contributed by atoms with E-state index in [4.69, 9.17) is 4.74 Å². The lowest BCUT2D eigenvalue weighted by Crippen LogP contribution is -2.43. The molecule has 6 nitrogen and oxygen atoms in total. The lowest BCUT2D eigenvalue weighted by atomic mass is 9.85. The summed E-state index contributed by atoms with van der Waals surface area (Å²) in [6.07, 6.45) is 4.17. The first-order valence-corrected chi connectivity index (χ1v) is 12.5. The molecule has 1 aliphatic heterocycles. The van der Waals surface area contributed by atoms with Gasteiger partial charge >= 0.3 is 0 Å². The van der Waals surface area contributed by atoms with Gasteiger partial charge in [0.2, 0.25) is 0 Å². The number of nitrogens with one attached hydrogen (secondary N) is 2. The Labute approximate surface area is 210 Å². The van der Waals surface area contributed by atoms with E-state index in [0.717, 1.165) is 29.2 Å². The molecule has 0 spiro atoms. The SMILES string of the molecule is CCSc1ncccc1C(=O)Nc1ccc(C(=O)/C=C2\NC(C)(C)Cc3ccc(OC)cc32)cc1. The molecule has 1 aliphatic rings. The molecule has 0 bridgehead atoms. The van der Waals surface area contributed by atoms with E-state index >= 15 is 0 Å². The molecule has 35 heavy (non-hydrogen) atoms. The molecular formula is C28H29N3O3S. The lowest BCUT2D eigenvalue weighted by Gasteiger charge is -2.35. The number of benzene rings is 2. The molecule has 0 unspecified atom stereocenters. The number of amides is 1. The van der Waals surface area contributed by atoms with Gasteiger partial charge in [0, 0.05) is 40.3 Å². The third-order valence-electron chi connectivity index (χ3n) is 5.71. The summed E-state index contributed by atoms with van der Waals surface area (Å²) in [4.78, 5) is 30.2. The number of anilines is 1. The van der Waals surface area contributed by atoms with Crippen LogP contribution >= 0.6 is 11.8 Å². The minimum Gasteiger partial charge on any atom is -0.497 e. The van der Waals surface area contributed by atoms with Crippen molar-refractivity contribution < 1.29 is 14.3 Å². The van der Waals surface area contributed by atoms with Gasteiger partial charge in [-0.15, -0.1) is 11.8 Å². The van der Waals surface area contributed by atoms with Crippen molar-refractivity contribution in [3.8, 4) is 5.75 Å². The number of ketones is 1. The van der Waals surface area contributed by atoms with Gasteiger partial charge in [-0.1, -0.05) is 13.0 Å². The summed E-state index contributed by atoms with van der Waals surface area (Å²) in [5.74, 6) is 1.23. The first-order valence-electron chi connectivity index (χ1n) is 11.5. The van der Waals surface area contributed by atoms with E-state index in [1.54, 1.807) is 55.8 Å². The fourth-order valence-electron chi connectivity index (χ4n) is 4.10. The number of allylic oxidation sites excluding steroid dienone is 1. The van der Waals surface area contributed by atoms with Crippen molar-refractivity contribution in [2.45, 2.75) is 37.8 Å². The second-order valence-corrected chi connectivity index (χ2v) is 10.2. The molecule has 2 aromatic carbocycles. The van der Waals surface area contributed by atoms with Crippen LogP contribution in [0.5, 0.6) is 5.75 Å². The Kier molecular flexibility index (Phi) is 7.26. The Morgan fingerprint density at radius 1 is 1.17 bits per heavy atom. The van der Waals surface area contributed by atoms with Gasteiger partial charge in [-0.25, -0.2) is 4.98 Å². The van der Waals surface area contributed by atoms with Gasteiger partial charge in [-0.05, 0) is 80.1 Å². The largest absolute Gasteiger partial charge is 0.497 e. The standard InChI is InChI=1S/C28H29N3O3S/c1-5-35-27-22(7-6-14-29-27)26(33)30-20-11-8-18(9-12-20)25(32)16-24-23-15-21(34-4)13-10-19(23)17-28(2,3)31-24/h6-16,31H,5,17H2,1-4H3,(H,30,33)/b24-16-. The Bertz CT molecular complexity index is 1280. The Hall–Kier alpha value is -3.58. The normalized spacial score (nSPS) is 15.1. The predicted molar refractivity (Wildman–Crippen MR) is 141 cm³/mol. The van der Waals surface area contributed by atoms with Crippen LogP contribution < -0.4 is 15.4 Å². The molecule has 1 aromatic heterocycles. The van der Waals surface area contributed by atoms with Gasteiger partial charge in [0.15, 0.2) is 5.78 Å². The van der Waals surface area contributed by atoms with Crippen molar-refractivity contribution in [1.82, 2.24) is 10.3 Å². The number of thioether (sulfide) groups is 1. The highest BCUT2D eigenvalue weighted by molar-refractivity contribution is 7.99. The first kappa shape index (κ1) is 24.5. The number of carbonyl (C=O) groups is 2. The minimum absolute atomic E-state index is 0.120. The molecule has 0 saturated carbocycles. The van der Waals surface area contributed by atoms with Gasteiger partial charge < -0.3 is 15.4 Å². The smallest absolute Gasteiger partial charge is 0.258 e. The molecule has 180 valence electrons. The van der Waals surface area contributed by atoms with Crippen LogP contribution in [0.1, 0.15) is 52.6 Å². The maximum absolute atomic E-state index is 13.1. The number of nitrogens with zero attached hydrogens (tertiary/aromatic N) is 1. The molecule has 2 heterocycles. The van der Waals surface area contributed by atoms with Crippen molar-refractivity contribution >= 4 is 34.8 Å². The van der Waals surface area contributed by atoms with Crippen LogP contribution in [-0.2, 0) is 6.42 Å². The number of aromatic nitrogens is 1. The fourth-order valence-corrected chi connectivity index (χ4v) is 4.82. The molecule has 0 fully saturated rings. The third-order valence-corrected chi connectivity index (χ3v) is 6.60. The second kappa shape index (κ2) is 10.4. The lowest BCUT2D eigenvalue weighted by molar-refractivity contribution is 0.102. The average molecular weight is 488 g/mol. The zero-order chi connectivity index (χ0) is 25.0. The van der Waals surface area contributed by atoms with E-state index < -0.39 is 0 Å². The van der Waals surface area contributed by atoms with E-state index in [9.17, 15) is 9.59 Å². The van der Waals surface area contributed by atoms with Gasteiger partial charge in [-0.2, -0.15) is 0 Å². The number of rotatable bonds is 7. The topological polar surface area (TPSA) is 80.3 Å². The fraction of sp³-hybridized carbons (Fsp3) is 0.250. The zero-order valence-electron chi connectivity index (χ0n) is 20.3.